The highest BCUT2D eigenvalue weighted by Gasteiger charge is 2.27. The van der Waals surface area contributed by atoms with Crippen LogP contribution in [0.15, 0.2) is 48.7 Å². The fourth-order valence-electron chi connectivity index (χ4n) is 3.42. The van der Waals surface area contributed by atoms with Crippen molar-refractivity contribution in [3.8, 4) is 5.88 Å². The Morgan fingerprint density at radius 2 is 1.89 bits per heavy atom. The molecular formula is C22H27N3O3. The van der Waals surface area contributed by atoms with E-state index in [1.807, 2.05) is 42.2 Å². The minimum absolute atomic E-state index is 0.0367. The summed E-state index contributed by atoms with van der Waals surface area (Å²) in [6, 6.07) is 13.6. The molecule has 0 spiro atoms. The van der Waals surface area contributed by atoms with E-state index < -0.39 is 0 Å². The van der Waals surface area contributed by atoms with Crippen molar-refractivity contribution in [2.45, 2.75) is 32.6 Å². The zero-order valence-corrected chi connectivity index (χ0v) is 16.3. The Morgan fingerprint density at radius 3 is 2.61 bits per heavy atom. The van der Waals surface area contributed by atoms with Gasteiger partial charge in [-0.3, -0.25) is 9.59 Å². The molecule has 0 bridgehead atoms. The fourth-order valence-corrected chi connectivity index (χ4v) is 3.42. The van der Waals surface area contributed by atoms with Gasteiger partial charge in [0.15, 0.2) is 0 Å². The Bertz CT molecular complexity index is 787. The number of benzene rings is 1. The molecule has 1 aromatic carbocycles. The maximum Gasteiger partial charge on any atom is 0.237 e. The van der Waals surface area contributed by atoms with E-state index in [-0.39, 0.29) is 17.7 Å². The van der Waals surface area contributed by atoms with Crippen LogP contribution in [0, 0.1) is 5.92 Å². The summed E-state index contributed by atoms with van der Waals surface area (Å²) in [6.07, 6.45) is 4.25. The molecule has 3 rings (SSSR count). The van der Waals surface area contributed by atoms with Crippen molar-refractivity contribution in [3.63, 3.8) is 0 Å². The van der Waals surface area contributed by atoms with Crippen LogP contribution in [0.5, 0.6) is 5.88 Å². The molecule has 2 heterocycles. The lowest BCUT2D eigenvalue weighted by Crippen LogP contribution is -2.41. The number of ether oxygens (including phenoxy) is 1. The molecule has 0 radical (unpaired) electrons. The van der Waals surface area contributed by atoms with Crippen molar-refractivity contribution in [2.75, 3.05) is 25.0 Å². The first-order valence-corrected chi connectivity index (χ1v) is 9.87. The number of carbonyl (C=O) groups is 2. The monoisotopic (exact) mass is 381 g/mol. The highest BCUT2D eigenvalue weighted by molar-refractivity contribution is 5.93. The van der Waals surface area contributed by atoms with E-state index in [1.54, 1.807) is 18.3 Å². The lowest BCUT2D eigenvalue weighted by molar-refractivity contribution is -0.134. The van der Waals surface area contributed by atoms with E-state index in [0.29, 0.717) is 50.5 Å². The van der Waals surface area contributed by atoms with Gasteiger partial charge in [-0.25, -0.2) is 4.98 Å². The lowest BCUT2D eigenvalue weighted by atomic mass is 9.95. The van der Waals surface area contributed by atoms with Crippen LogP contribution in [0.4, 0.5) is 5.69 Å². The third kappa shape index (κ3) is 5.31. The SMILES string of the molecule is CCOc1ncccc1NC(=O)C1CCN(C(=O)CCc2ccccc2)CC1. The number of aryl methyl sites for hydroxylation is 1. The normalized spacial score (nSPS) is 14.5. The van der Waals surface area contributed by atoms with Crippen molar-refractivity contribution in [3.05, 3.63) is 54.2 Å². The number of nitrogens with zero attached hydrogens (tertiary/aromatic N) is 2. The molecule has 1 N–H and O–H groups in total. The second-order valence-corrected chi connectivity index (χ2v) is 6.92. The summed E-state index contributed by atoms with van der Waals surface area (Å²) >= 11 is 0. The second-order valence-electron chi connectivity index (χ2n) is 6.92. The predicted octanol–water partition coefficient (Wildman–Crippen LogP) is 3.29. The molecular weight excluding hydrogens is 354 g/mol. The Labute approximate surface area is 165 Å². The Morgan fingerprint density at radius 1 is 1.14 bits per heavy atom. The molecule has 1 aliphatic heterocycles. The van der Waals surface area contributed by atoms with Gasteiger partial charge in [-0.2, -0.15) is 0 Å². The molecule has 1 fully saturated rings. The van der Waals surface area contributed by atoms with Gasteiger partial charge in [-0.05, 0) is 43.9 Å². The quantitative estimate of drug-likeness (QED) is 0.799. The first kappa shape index (κ1) is 19.9. The van der Waals surface area contributed by atoms with Crippen molar-refractivity contribution in [2.24, 2.45) is 5.92 Å². The van der Waals surface area contributed by atoms with Gasteiger partial charge in [-0.15, -0.1) is 0 Å². The number of amides is 2. The molecule has 1 aromatic heterocycles. The first-order valence-electron chi connectivity index (χ1n) is 9.87. The number of hydrogen-bond donors (Lipinski definition) is 1. The van der Waals surface area contributed by atoms with E-state index in [1.165, 1.54) is 5.56 Å². The van der Waals surface area contributed by atoms with E-state index in [9.17, 15) is 9.59 Å². The highest BCUT2D eigenvalue weighted by Crippen LogP contribution is 2.24. The van der Waals surface area contributed by atoms with Crippen LogP contribution in [0.1, 0.15) is 31.7 Å². The van der Waals surface area contributed by atoms with Gasteiger partial charge in [0, 0.05) is 31.6 Å². The Balaban J connectivity index is 1.47. The molecule has 1 saturated heterocycles. The highest BCUT2D eigenvalue weighted by atomic mass is 16.5. The van der Waals surface area contributed by atoms with Gasteiger partial charge < -0.3 is 15.0 Å². The molecule has 0 atom stereocenters. The van der Waals surface area contributed by atoms with Crippen LogP contribution in [-0.4, -0.2) is 41.4 Å². The van der Waals surface area contributed by atoms with Crippen LogP contribution < -0.4 is 10.1 Å². The number of rotatable bonds is 7. The zero-order valence-electron chi connectivity index (χ0n) is 16.3. The number of nitrogens with one attached hydrogen (secondary N) is 1. The topological polar surface area (TPSA) is 71.5 Å². The first-order chi connectivity index (χ1) is 13.7. The van der Waals surface area contributed by atoms with Gasteiger partial charge in [0.05, 0.1) is 6.61 Å². The molecule has 6 nitrogen and oxygen atoms in total. The molecule has 2 aromatic rings. The maximum atomic E-state index is 12.6. The van der Waals surface area contributed by atoms with Gasteiger partial charge in [0.2, 0.25) is 17.7 Å². The predicted molar refractivity (Wildman–Crippen MR) is 108 cm³/mol. The van der Waals surface area contributed by atoms with Crippen LogP contribution in [-0.2, 0) is 16.0 Å². The lowest BCUT2D eigenvalue weighted by Gasteiger charge is -2.31. The number of pyridine rings is 1. The van der Waals surface area contributed by atoms with Crippen molar-refractivity contribution in [1.82, 2.24) is 9.88 Å². The van der Waals surface area contributed by atoms with Crippen LogP contribution in [0.2, 0.25) is 0 Å². The fraction of sp³-hybridized carbons (Fsp3) is 0.409. The summed E-state index contributed by atoms with van der Waals surface area (Å²) in [5, 5.41) is 2.93. The molecule has 148 valence electrons. The molecule has 28 heavy (non-hydrogen) atoms. The summed E-state index contributed by atoms with van der Waals surface area (Å²) in [4.78, 5) is 31.1. The standard InChI is InChI=1S/C22H27N3O3/c1-2-28-22-19(9-6-14-23-22)24-21(27)18-12-15-25(16-13-18)20(26)11-10-17-7-4-3-5-8-17/h3-9,14,18H,2,10-13,15-16H2,1H3,(H,24,27). The van der Waals surface area contributed by atoms with Gasteiger partial charge in [0.25, 0.3) is 0 Å². The van der Waals surface area contributed by atoms with Gasteiger partial charge in [0.1, 0.15) is 5.69 Å². The number of piperidine rings is 1. The molecule has 0 unspecified atom stereocenters. The summed E-state index contributed by atoms with van der Waals surface area (Å²) < 4.78 is 5.46. The average molecular weight is 381 g/mol. The molecule has 0 saturated carbocycles. The number of carbonyl (C=O) groups excluding carboxylic acids is 2. The maximum absolute atomic E-state index is 12.6. The van der Waals surface area contributed by atoms with Crippen molar-refractivity contribution in [1.29, 1.82) is 0 Å². The van der Waals surface area contributed by atoms with E-state index in [4.69, 9.17) is 4.74 Å². The van der Waals surface area contributed by atoms with E-state index >= 15 is 0 Å². The third-order valence-corrected chi connectivity index (χ3v) is 5.00. The molecule has 0 aliphatic carbocycles. The number of aromatic nitrogens is 1. The summed E-state index contributed by atoms with van der Waals surface area (Å²) in [6.45, 7) is 3.61. The van der Waals surface area contributed by atoms with E-state index in [2.05, 4.69) is 10.3 Å². The summed E-state index contributed by atoms with van der Waals surface area (Å²) in [5.41, 5.74) is 1.77. The van der Waals surface area contributed by atoms with Crippen molar-refractivity contribution >= 4 is 17.5 Å². The minimum Gasteiger partial charge on any atom is -0.476 e. The van der Waals surface area contributed by atoms with Crippen LogP contribution in [0.25, 0.3) is 0 Å². The Kier molecular flexibility index (Phi) is 7.00. The third-order valence-electron chi connectivity index (χ3n) is 5.00. The number of anilines is 1. The number of likely N-dealkylation sites (tertiary alicyclic amines) is 1. The zero-order chi connectivity index (χ0) is 19.8. The van der Waals surface area contributed by atoms with E-state index in [0.717, 1.165) is 6.42 Å². The molecule has 2 amide bonds. The minimum atomic E-state index is -0.104. The van der Waals surface area contributed by atoms with Crippen LogP contribution >= 0.6 is 0 Å². The van der Waals surface area contributed by atoms with Gasteiger partial charge >= 0.3 is 0 Å². The second kappa shape index (κ2) is 9.88. The van der Waals surface area contributed by atoms with Crippen LogP contribution in [0.3, 0.4) is 0 Å². The van der Waals surface area contributed by atoms with Gasteiger partial charge in [-0.1, -0.05) is 30.3 Å². The summed E-state index contributed by atoms with van der Waals surface area (Å²) in [7, 11) is 0. The summed E-state index contributed by atoms with van der Waals surface area (Å²) in [5.74, 6) is 0.457. The molecule has 1 aliphatic rings. The number of hydrogen-bond acceptors (Lipinski definition) is 4. The smallest absolute Gasteiger partial charge is 0.237 e. The molecule has 6 heteroatoms. The average Bonchev–Trinajstić information content (AvgIpc) is 2.74. The largest absolute Gasteiger partial charge is 0.476 e. The van der Waals surface area contributed by atoms with Crippen molar-refractivity contribution < 1.29 is 14.3 Å². The Hall–Kier alpha value is -2.89.